The lowest BCUT2D eigenvalue weighted by molar-refractivity contribution is 0.467. The molecule has 2 N–H and O–H groups in total. The van der Waals surface area contributed by atoms with Crippen molar-refractivity contribution in [2.75, 3.05) is 7.05 Å². The summed E-state index contributed by atoms with van der Waals surface area (Å²) in [6.07, 6.45) is 1.69. The predicted octanol–water partition coefficient (Wildman–Crippen LogP) is 1.25. The van der Waals surface area contributed by atoms with E-state index in [9.17, 15) is 5.11 Å². The standard InChI is InChI=1S/C11H14N4O/c1-8(12-2)10-7-13-14-15(10)9-5-3-4-6-11(9)16/h3-8,12,16H,1-2H3. The Balaban J connectivity index is 2.49. The lowest BCUT2D eigenvalue weighted by Crippen LogP contribution is -2.16. The molecule has 0 saturated heterocycles. The van der Waals surface area contributed by atoms with Crippen LogP contribution in [0.1, 0.15) is 18.7 Å². The third-order valence-electron chi connectivity index (χ3n) is 2.56. The molecule has 0 aliphatic heterocycles. The van der Waals surface area contributed by atoms with Crippen molar-refractivity contribution in [1.82, 2.24) is 20.3 Å². The fourth-order valence-electron chi connectivity index (χ4n) is 1.52. The highest BCUT2D eigenvalue weighted by Crippen LogP contribution is 2.23. The number of benzene rings is 1. The van der Waals surface area contributed by atoms with Gasteiger partial charge in [-0.25, -0.2) is 4.68 Å². The first kappa shape index (κ1) is 10.6. The number of phenolic OH excluding ortho intramolecular Hbond substituents is 1. The highest BCUT2D eigenvalue weighted by Gasteiger charge is 2.13. The molecule has 1 aromatic heterocycles. The molecule has 0 radical (unpaired) electrons. The number of para-hydroxylation sites is 2. The van der Waals surface area contributed by atoms with E-state index in [1.165, 1.54) is 0 Å². The third-order valence-corrected chi connectivity index (χ3v) is 2.56. The van der Waals surface area contributed by atoms with Crippen LogP contribution in [0.3, 0.4) is 0 Å². The van der Waals surface area contributed by atoms with Crippen molar-refractivity contribution in [2.24, 2.45) is 0 Å². The summed E-state index contributed by atoms with van der Waals surface area (Å²) < 4.78 is 1.64. The van der Waals surface area contributed by atoms with E-state index in [0.717, 1.165) is 5.69 Å². The average molecular weight is 218 g/mol. The predicted molar refractivity (Wildman–Crippen MR) is 60.5 cm³/mol. The van der Waals surface area contributed by atoms with Crippen LogP contribution >= 0.6 is 0 Å². The Morgan fingerprint density at radius 2 is 2.12 bits per heavy atom. The second-order valence-corrected chi connectivity index (χ2v) is 3.57. The Hall–Kier alpha value is -1.88. The largest absolute Gasteiger partial charge is 0.506 e. The lowest BCUT2D eigenvalue weighted by atomic mass is 10.2. The number of aromatic hydroxyl groups is 1. The van der Waals surface area contributed by atoms with Crippen LogP contribution in [0, 0.1) is 0 Å². The molecule has 0 spiro atoms. The van der Waals surface area contributed by atoms with Crippen LogP contribution in [0.25, 0.3) is 5.69 Å². The van der Waals surface area contributed by atoms with Crippen molar-refractivity contribution in [2.45, 2.75) is 13.0 Å². The van der Waals surface area contributed by atoms with Gasteiger partial charge >= 0.3 is 0 Å². The molecule has 84 valence electrons. The van der Waals surface area contributed by atoms with Crippen molar-refractivity contribution < 1.29 is 5.11 Å². The first-order valence-electron chi connectivity index (χ1n) is 5.10. The number of phenols is 1. The molecule has 0 amide bonds. The first-order chi connectivity index (χ1) is 7.74. The quantitative estimate of drug-likeness (QED) is 0.814. The van der Waals surface area contributed by atoms with Gasteiger partial charge in [0, 0.05) is 6.04 Å². The topological polar surface area (TPSA) is 63.0 Å². The van der Waals surface area contributed by atoms with E-state index in [0.29, 0.717) is 5.69 Å². The molecule has 2 aromatic rings. The molecule has 1 heterocycles. The maximum atomic E-state index is 9.75. The molecule has 16 heavy (non-hydrogen) atoms. The second-order valence-electron chi connectivity index (χ2n) is 3.57. The van der Waals surface area contributed by atoms with E-state index >= 15 is 0 Å². The Kier molecular flexibility index (Phi) is 2.87. The maximum absolute atomic E-state index is 9.75. The smallest absolute Gasteiger partial charge is 0.141 e. The van der Waals surface area contributed by atoms with Crippen molar-refractivity contribution >= 4 is 0 Å². The minimum absolute atomic E-state index is 0.120. The molecule has 0 aliphatic carbocycles. The second kappa shape index (κ2) is 4.32. The van der Waals surface area contributed by atoms with Gasteiger partial charge in [0.2, 0.25) is 0 Å². The van der Waals surface area contributed by atoms with Crippen LogP contribution in [0.2, 0.25) is 0 Å². The highest BCUT2D eigenvalue weighted by atomic mass is 16.3. The number of hydrogen-bond donors (Lipinski definition) is 2. The SMILES string of the molecule is CNC(C)c1cnnn1-c1ccccc1O. The fraction of sp³-hybridized carbons (Fsp3) is 0.273. The van der Waals surface area contributed by atoms with Crippen LogP contribution in [-0.4, -0.2) is 27.1 Å². The molecule has 1 atom stereocenters. The molecule has 1 unspecified atom stereocenters. The van der Waals surface area contributed by atoms with E-state index < -0.39 is 0 Å². The van der Waals surface area contributed by atoms with Gasteiger partial charge in [0.1, 0.15) is 11.4 Å². The number of rotatable bonds is 3. The maximum Gasteiger partial charge on any atom is 0.141 e. The molecule has 0 saturated carbocycles. The number of nitrogens with one attached hydrogen (secondary N) is 1. The summed E-state index contributed by atoms with van der Waals surface area (Å²) in [7, 11) is 1.87. The van der Waals surface area contributed by atoms with Crippen molar-refractivity contribution in [3.05, 3.63) is 36.2 Å². The van der Waals surface area contributed by atoms with E-state index in [-0.39, 0.29) is 11.8 Å². The van der Waals surface area contributed by atoms with Crippen LogP contribution in [0.4, 0.5) is 0 Å². The van der Waals surface area contributed by atoms with Gasteiger partial charge in [-0.2, -0.15) is 0 Å². The zero-order chi connectivity index (χ0) is 11.5. The van der Waals surface area contributed by atoms with Crippen LogP contribution in [-0.2, 0) is 0 Å². The number of aromatic nitrogens is 3. The molecular formula is C11H14N4O. The van der Waals surface area contributed by atoms with Crippen molar-refractivity contribution in [3.63, 3.8) is 0 Å². The molecule has 0 fully saturated rings. The third kappa shape index (κ3) is 1.77. The zero-order valence-corrected chi connectivity index (χ0v) is 9.25. The molecule has 1 aromatic carbocycles. The van der Waals surface area contributed by atoms with E-state index in [1.54, 1.807) is 29.1 Å². The van der Waals surface area contributed by atoms with E-state index in [4.69, 9.17) is 0 Å². The van der Waals surface area contributed by atoms with Gasteiger partial charge in [-0.3, -0.25) is 0 Å². The van der Waals surface area contributed by atoms with Crippen molar-refractivity contribution in [3.8, 4) is 11.4 Å². The number of nitrogens with zero attached hydrogens (tertiary/aromatic N) is 3. The molecule has 2 rings (SSSR count). The summed E-state index contributed by atoms with van der Waals surface area (Å²) in [5.74, 6) is 0.192. The first-order valence-corrected chi connectivity index (χ1v) is 5.10. The van der Waals surface area contributed by atoms with Gasteiger partial charge in [0.25, 0.3) is 0 Å². The summed E-state index contributed by atoms with van der Waals surface area (Å²) in [5, 5.41) is 20.7. The highest BCUT2D eigenvalue weighted by molar-refractivity contribution is 5.45. The Bertz CT molecular complexity index is 480. The van der Waals surface area contributed by atoms with E-state index in [2.05, 4.69) is 15.6 Å². The molecule has 5 heteroatoms. The van der Waals surface area contributed by atoms with E-state index in [1.807, 2.05) is 20.0 Å². The summed E-state index contributed by atoms with van der Waals surface area (Å²) in [5.41, 5.74) is 1.54. The van der Waals surface area contributed by atoms with Crippen LogP contribution in [0.15, 0.2) is 30.5 Å². The van der Waals surface area contributed by atoms with Gasteiger partial charge in [-0.1, -0.05) is 17.3 Å². The molecule has 0 bridgehead atoms. The molecule has 0 aliphatic rings. The molecular weight excluding hydrogens is 204 g/mol. The van der Waals surface area contributed by atoms with Gasteiger partial charge in [0.05, 0.1) is 11.9 Å². The van der Waals surface area contributed by atoms with Gasteiger partial charge in [-0.15, -0.1) is 5.10 Å². The number of hydrogen-bond acceptors (Lipinski definition) is 4. The molecule has 5 nitrogen and oxygen atoms in total. The normalized spacial score (nSPS) is 12.6. The average Bonchev–Trinajstić information content (AvgIpc) is 2.77. The Morgan fingerprint density at radius 3 is 2.81 bits per heavy atom. The minimum Gasteiger partial charge on any atom is -0.506 e. The van der Waals surface area contributed by atoms with Crippen LogP contribution < -0.4 is 5.32 Å². The Morgan fingerprint density at radius 1 is 1.38 bits per heavy atom. The monoisotopic (exact) mass is 218 g/mol. The minimum atomic E-state index is 0.120. The van der Waals surface area contributed by atoms with Gasteiger partial charge < -0.3 is 10.4 Å². The lowest BCUT2D eigenvalue weighted by Gasteiger charge is -2.12. The van der Waals surface area contributed by atoms with Gasteiger partial charge in [0.15, 0.2) is 0 Å². The summed E-state index contributed by atoms with van der Waals surface area (Å²) in [4.78, 5) is 0. The zero-order valence-electron chi connectivity index (χ0n) is 9.25. The van der Waals surface area contributed by atoms with Gasteiger partial charge in [-0.05, 0) is 26.1 Å². The van der Waals surface area contributed by atoms with Crippen molar-refractivity contribution in [1.29, 1.82) is 0 Å². The summed E-state index contributed by atoms with van der Waals surface area (Å²) in [6.45, 7) is 2.01. The Labute approximate surface area is 93.7 Å². The summed E-state index contributed by atoms with van der Waals surface area (Å²) >= 11 is 0. The van der Waals surface area contributed by atoms with Crippen LogP contribution in [0.5, 0.6) is 5.75 Å². The fourth-order valence-corrected chi connectivity index (χ4v) is 1.52. The summed E-state index contributed by atoms with van der Waals surface area (Å²) in [6, 6.07) is 7.18.